The molecular formula is C11H15N3O4. The molecular weight excluding hydrogens is 238 g/mol. The number of amides is 1. The van der Waals surface area contributed by atoms with Gasteiger partial charge in [0.15, 0.2) is 11.4 Å². The Balaban J connectivity index is 2.36. The van der Waals surface area contributed by atoms with E-state index in [-0.39, 0.29) is 23.0 Å². The molecule has 2 N–H and O–H groups in total. The molecule has 1 aliphatic heterocycles. The van der Waals surface area contributed by atoms with Crippen molar-refractivity contribution in [3.63, 3.8) is 0 Å². The average molecular weight is 253 g/mol. The van der Waals surface area contributed by atoms with Crippen LogP contribution in [0.1, 0.15) is 40.7 Å². The molecule has 1 aliphatic rings. The van der Waals surface area contributed by atoms with Crippen molar-refractivity contribution < 1.29 is 19.4 Å². The van der Waals surface area contributed by atoms with Gasteiger partial charge in [0.25, 0.3) is 5.91 Å². The summed E-state index contributed by atoms with van der Waals surface area (Å²) in [4.78, 5) is 22.8. The van der Waals surface area contributed by atoms with Gasteiger partial charge in [-0.3, -0.25) is 9.48 Å². The van der Waals surface area contributed by atoms with E-state index in [0.29, 0.717) is 19.7 Å². The molecule has 0 aliphatic carbocycles. The zero-order valence-corrected chi connectivity index (χ0v) is 10.1. The van der Waals surface area contributed by atoms with Gasteiger partial charge in [0.1, 0.15) is 0 Å². The Morgan fingerprint density at radius 3 is 3.06 bits per heavy atom. The Morgan fingerprint density at radius 1 is 1.61 bits per heavy atom. The van der Waals surface area contributed by atoms with Crippen LogP contribution in [-0.4, -0.2) is 39.9 Å². The number of carboxylic acid groups (broad SMARTS) is 1. The van der Waals surface area contributed by atoms with Crippen LogP contribution in [-0.2, 0) is 6.54 Å². The lowest BCUT2D eigenvalue weighted by Crippen LogP contribution is -2.35. The number of carbonyl (C=O) groups excluding carboxylic acids is 1. The van der Waals surface area contributed by atoms with Crippen LogP contribution in [0.3, 0.4) is 0 Å². The van der Waals surface area contributed by atoms with Crippen molar-refractivity contribution in [1.29, 1.82) is 0 Å². The van der Waals surface area contributed by atoms with Gasteiger partial charge in [-0.1, -0.05) is 13.3 Å². The summed E-state index contributed by atoms with van der Waals surface area (Å²) in [6, 6.07) is 0. The third kappa shape index (κ3) is 2.15. The summed E-state index contributed by atoms with van der Waals surface area (Å²) in [6.45, 7) is 3.28. The highest BCUT2D eigenvalue weighted by Gasteiger charge is 2.30. The molecule has 0 fully saturated rings. The SMILES string of the molecule is CCCCOc1c(C(=O)O)nn2c1C(=O)NCC2. The van der Waals surface area contributed by atoms with E-state index in [9.17, 15) is 9.59 Å². The standard InChI is InChI=1S/C11H15N3O4/c1-2-3-6-18-9-7(11(16)17)13-14-5-4-12-10(15)8(9)14/h2-6H2,1H3,(H,12,15)(H,16,17). The van der Waals surface area contributed by atoms with Crippen molar-refractivity contribution >= 4 is 11.9 Å². The molecule has 0 bridgehead atoms. The number of nitrogens with zero attached hydrogens (tertiary/aromatic N) is 2. The summed E-state index contributed by atoms with van der Waals surface area (Å²) in [5.74, 6) is -1.45. The maximum Gasteiger partial charge on any atom is 0.360 e. The molecule has 0 aromatic carbocycles. The molecule has 0 saturated heterocycles. The van der Waals surface area contributed by atoms with E-state index in [2.05, 4.69) is 10.4 Å². The molecule has 7 nitrogen and oxygen atoms in total. The largest absolute Gasteiger partial charge is 0.489 e. The molecule has 1 amide bonds. The van der Waals surface area contributed by atoms with Crippen LogP contribution in [0, 0.1) is 0 Å². The van der Waals surface area contributed by atoms with E-state index in [1.807, 2.05) is 6.92 Å². The Kier molecular flexibility index (Phi) is 3.50. The number of fused-ring (bicyclic) bond motifs is 1. The number of hydrogen-bond acceptors (Lipinski definition) is 4. The number of hydrogen-bond donors (Lipinski definition) is 2. The predicted molar refractivity (Wildman–Crippen MR) is 61.9 cm³/mol. The number of aromatic carboxylic acids is 1. The minimum Gasteiger partial charge on any atom is -0.489 e. The highest BCUT2D eigenvalue weighted by molar-refractivity contribution is 6.00. The summed E-state index contributed by atoms with van der Waals surface area (Å²) in [5.41, 5.74) is 0.00732. The number of rotatable bonds is 5. The first kappa shape index (κ1) is 12.4. The van der Waals surface area contributed by atoms with Crippen molar-refractivity contribution in [2.45, 2.75) is 26.3 Å². The number of carboxylic acids is 1. The van der Waals surface area contributed by atoms with Crippen molar-refractivity contribution in [2.75, 3.05) is 13.2 Å². The van der Waals surface area contributed by atoms with E-state index < -0.39 is 5.97 Å². The molecule has 2 heterocycles. The van der Waals surface area contributed by atoms with E-state index in [4.69, 9.17) is 9.84 Å². The molecule has 0 unspecified atom stereocenters. The van der Waals surface area contributed by atoms with Gasteiger partial charge in [0.2, 0.25) is 5.69 Å². The summed E-state index contributed by atoms with van der Waals surface area (Å²) in [5, 5.41) is 15.6. The van der Waals surface area contributed by atoms with Crippen LogP contribution >= 0.6 is 0 Å². The Bertz CT molecular complexity index is 481. The van der Waals surface area contributed by atoms with Crippen LogP contribution in [0.15, 0.2) is 0 Å². The molecule has 1 aromatic heterocycles. The second-order valence-electron chi connectivity index (χ2n) is 4.01. The number of aromatic nitrogens is 2. The Hall–Kier alpha value is -2.05. The molecule has 18 heavy (non-hydrogen) atoms. The molecule has 1 aromatic rings. The van der Waals surface area contributed by atoms with Gasteiger partial charge >= 0.3 is 5.97 Å². The summed E-state index contributed by atoms with van der Waals surface area (Å²) in [7, 11) is 0. The molecule has 7 heteroatoms. The number of carbonyl (C=O) groups is 2. The normalized spacial score (nSPS) is 13.9. The smallest absolute Gasteiger partial charge is 0.360 e. The van der Waals surface area contributed by atoms with E-state index in [1.54, 1.807) is 0 Å². The lowest BCUT2D eigenvalue weighted by molar-refractivity contribution is 0.0684. The second-order valence-corrected chi connectivity index (χ2v) is 4.01. The zero-order chi connectivity index (χ0) is 13.1. The van der Waals surface area contributed by atoms with Crippen LogP contribution in [0.4, 0.5) is 0 Å². The van der Waals surface area contributed by atoms with Crippen molar-refractivity contribution in [3.8, 4) is 5.75 Å². The summed E-state index contributed by atoms with van der Waals surface area (Å²) < 4.78 is 6.82. The summed E-state index contributed by atoms with van der Waals surface area (Å²) in [6.07, 6.45) is 1.73. The van der Waals surface area contributed by atoms with Gasteiger partial charge in [-0.2, -0.15) is 5.10 Å². The van der Waals surface area contributed by atoms with Gasteiger partial charge in [-0.25, -0.2) is 4.79 Å². The fourth-order valence-electron chi connectivity index (χ4n) is 1.78. The van der Waals surface area contributed by atoms with Gasteiger partial charge in [0, 0.05) is 6.54 Å². The van der Waals surface area contributed by atoms with Crippen molar-refractivity contribution in [2.24, 2.45) is 0 Å². The molecule has 0 radical (unpaired) electrons. The number of ether oxygens (including phenoxy) is 1. The van der Waals surface area contributed by atoms with Gasteiger partial charge < -0.3 is 15.2 Å². The Labute approximate surface area is 104 Å². The number of nitrogens with one attached hydrogen (secondary N) is 1. The van der Waals surface area contributed by atoms with Gasteiger partial charge in [-0.05, 0) is 6.42 Å². The Morgan fingerprint density at radius 2 is 2.39 bits per heavy atom. The fraction of sp³-hybridized carbons (Fsp3) is 0.545. The molecule has 98 valence electrons. The average Bonchev–Trinajstić information content (AvgIpc) is 2.70. The van der Waals surface area contributed by atoms with E-state index >= 15 is 0 Å². The maximum absolute atomic E-state index is 11.7. The fourth-order valence-corrected chi connectivity index (χ4v) is 1.78. The molecule has 0 atom stereocenters. The monoisotopic (exact) mass is 253 g/mol. The number of unbranched alkanes of at least 4 members (excludes halogenated alkanes) is 1. The first-order chi connectivity index (χ1) is 8.65. The van der Waals surface area contributed by atoms with Crippen LogP contribution < -0.4 is 10.1 Å². The second kappa shape index (κ2) is 5.07. The first-order valence-corrected chi connectivity index (χ1v) is 5.90. The lowest BCUT2D eigenvalue weighted by Gasteiger charge is -2.15. The van der Waals surface area contributed by atoms with Crippen LogP contribution in [0.25, 0.3) is 0 Å². The topological polar surface area (TPSA) is 93.4 Å². The molecule has 2 rings (SSSR count). The molecule has 0 spiro atoms. The zero-order valence-electron chi connectivity index (χ0n) is 10.1. The third-order valence-corrected chi connectivity index (χ3v) is 2.68. The highest BCUT2D eigenvalue weighted by atomic mass is 16.5. The van der Waals surface area contributed by atoms with Crippen LogP contribution in [0.2, 0.25) is 0 Å². The highest BCUT2D eigenvalue weighted by Crippen LogP contribution is 2.25. The van der Waals surface area contributed by atoms with Gasteiger partial charge in [-0.15, -0.1) is 0 Å². The van der Waals surface area contributed by atoms with Crippen molar-refractivity contribution in [3.05, 3.63) is 11.4 Å². The third-order valence-electron chi connectivity index (χ3n) is 2.68. The minimum absolute atomic E-state index is 0.0770. The lowest BCUT2D eigenvalue weighted by atomic mass is 10.2. The quantitative estimate of drug-likeness (QED) is 0.745. The first-order valence-electron chi connectivity index (χ1n) is 5.90. The minimum atomic E-state index is -1.18. The molecule has 0 saturated carbocycles. The summed E-state index contributed by atoms with van der Waals surface area (Å²) >= 11 is 0. The predicted octanol–water partition coefficient (Wildman–Crippen LogP) is 0.504. The van der Waals surface area contributed by atoms with E-state index in [1.165, 1.54) is 4.68 Å². The van der Waals surface area contributed by atoms with Gasteiger partial charge in [0.05, 0.1) is 13.2 Å². The van der Waals surface area contributed by atoms with Crippen LogP contribution in [0.5, 0.6) is 5.75 Å². The maximum atomic E-state index is 11.7. The van der Waals surface area contributed by atoms with E-state index in [0.717, 1.165) is 12.8 Å². The van der Waals surface area contributed by atoms with Crippen molar-refractivity contribution in [1.82, 2.24) is 15.1 Å².